The van der Waals surface area contributed by atoms with Crippen LogP contribution in [-0.4, -0.2) is 5.11 Å². The molecule has 1 aromatic rings. The molecule has 0 spiro atoms. The first kappa shape index (κ1) is 10.6. The van der Waals surface area contributed by atoms with E-state index in [1.807, 2.05) is 0 Å². The van der Waals surface area contributed by atoms with E-state index in [0.717, 1.165) is 0 Å². The zero-order valence-electron chi connectivity index (χ0n) is 7.22. The molecule has 0 amide bonds. The summed E-state index contributed by atoms with van der Waals surface area (Å²) in [6, 6.07) is 5.11. The van der Waals surface area contributed by atoms with Crippen LogP contribution in [0.15, 0.2) is 30.4 Å². The van der Waals surface area contributed by atoms with E-state index in [4.69, 9.17) is 23.2 Å². The summed E-state index contributed by atoms with van der Waals surface area (Å²) in [4.78, 5) is 0. The molecule has 70 valence electrons. The van der Waals surface area contributed by atoms with Gasteiger partial charge in [0.15, 0.2) is 0 Å². The van der Waals surface area contributed by atoms with E-state index in [9.17, 15) is 5.11 Å². The van der Waals surface area contributed by atoms with Gasteiger partial charge in [-0.05, 0) is 24.6 Å². The van der Waals surface area contributed by atoms with Gasteiger partial charge in [-0.15, -0.1) is 0 Å². The van der Waals surface area contributed by atoms with Crippen molar-refractivity contribution in [1.82, 2.24) is 0 Å². The van der Waals surface area contributed by atoms with Crippen LogP contribution in [0, 0.1) is 0 Å². The highest BCUT2D eigenvalue weighted by molar-refractivity contribution is 6.36. The number of rotatable bonds is 2. The van der Waals surface area contributed by atoms with Crippen LogP contribution in [0.1, 0.15) is 18.6 Å². The molecule has 1 nitrogen and oxygen atoms in total. The van der Waals surface area contributed by atoms with Crippen LogP contribution in [0.4, 0.5) is 0 Å². The van der Waals surface area contributed by atoms with Gasteiger partial charge >= 0.3 is 0 Å². The Balaban J connectivity index is 3.20. The second-order valence-corrected chi connectivity index (χ2v) is 3.70. The van der Waals surface area contributed by atoms with Crippen molar-refractivity contribution in [2.75, 3.05) is 0 Å². The van der Waals surface area contributed by atoms with Crippen molar-refractivity contribution in [2.24, 2.45) is 0 Å². The molecule has 0 saturated heterocycles. The fraction of sp³-hybridized carbons (Fsp3) is 0.200. The summed E-state index contributed by atoms with van der Waals surface area (Å²) in [6.45, 7) is 5.37. The molecule has 13 heavy (non-hydrogen) atoms. The topological polar surface area (TPSA) is 20.2 Å². The zero-order chi connectivity index (χ0) is 10.0. The lowest BCUT2D eigenvalue weighted by Gasteiger charge is -2.13. The number of aliphatic hydroxyl groups is 1. The van der Waals surface area contributed by atoms with Gasteiger partial charge in [0.05, 0.1) is 0 Å². The summed E-state index contributed by atoms with van der Waals surface area (Å²) in [5, 5.41) is 10.6. The van der Waals surface area contributed by atoms with Crippen LogP contribution in [0.2, 0.25) is 10.0 Å². The third kappa shape index (κ3) is 2.25. The Morgan fingerprint density at radius 1 is 1.38 bits per heavy atom. The zero-order valence-corrected chi connectivity index (χ0v) is 8.73. The Labute approximate surface area is 87.6 Å². The predicted molar refractivity (Wildman–Crippen MR) is 56.2 cm³/mol. The Morgan fingerprint density at radius 3 is 2.23 bits per heavy atom. The van der Waals surface area contributed by atoms with E-state index in [0.29, 0.717) is 21.2 Å². The van der Waals surface area contributed by atoms with E-state index < -0.39 is 6.10 Å². The minimum absolute atomic E-state index is 0.461. The molecule has 1 atom stereocenters. The Morgan fingerprint density at radius 2 is 1.85 bits per heavy atom. The van der Waals surface area contributed by atoms with Gasteiger partial charge in [0, 0.05) is 15.6 Å². The van der Waals surface area contributed by atoms with E-state index >= 15 is 0 Å². The van der Waals surface area contributed by atoms with E-state index in [2.05, 4.69) is 6.58 Å². The molecular weight excluding hydrogens is 207 g/mol. The monoisotopic (exact) mass is 216 g/mol. The van der Waals surface area contributed by atoms with Gasteiger partial charge in [-0.25, -0.2) is 0 Å². The van der Waals surface area contributed by atoms with Gasteiger partial charge in [-0.3, -0.25) is 0 Å². The predicted octanol–water partition coefficient (Wildman–Crippen LogP) is 3.60. The molecule has 0 aliphatic rings. The molecule has 1 unspecified atom stereocenters. The molecule has 0 aliphatic heterocycles. The third-order valence-corrected chi connectivity index (χ3v) is 2.40. The van der Waals surface area contributed by atoms with E-state index in [1.165, 1.54) is 0 Å². The minimum Gasteiger partial charge on any atom is -0.384 e. The summed E-state index contributed by atoms with van der Waals surface area (Å²) in [7, 11) is 0. The normalized spacial score (nSPS) is 12.6. The first-order valence-corrected chi connectivity index (χ1v) is 4.57. The van der Waals surface area contributed by atoms with E-state index in [1.54, 1.807) is 25.1 Å². The molecule has 0 aliphatic carbocycles. The number of halogens is 2. The molecule has 0 fully saturated rings. The van der Waals surface area contributed by atoms with Crippen molar-refractivity contribution in [1.29, 1.82) is 0 Å². The Bertz CT molecular complexity index is 313. The standard InChI is InChI=1S/C10H10Cl2O/c1-6(2)10(13)9-7(11)4-3-5-8(9)12/h3-5,10,13H,1H2,2H3. The average molecular weight is 217 g/mol. The van der Waals surface area contributed by atoms with Gasteiger partial charge < -0.3 is 5.11 Å². The third-order valence-electron chi connectivity index (χ3n) is 1.74. The molecule has 0 bridgehead atoms. The smallest absolute Gasteiger partial charge is 0.102 e. The summed E-state index contributed by atoms with van der Waals surface area (Å²) >= 11 is 11.8. The van der Waals surface area contributed by atoms with Crippen molar-refractivity contribution in [2.45, 2.75) is 13.0 Å². The highest BCUT2D eigenvalue weighted by atomic mass is 35.5. The molecule has 0 heterocycles. The van der Waals surface area contributed by atoms with Crippen LogP contribution in [-0.2, 0) is 0 Å². The quantitative estimate of drug-likeness (QED) is 0.750. The molecular formula is C10H10Cl2O. The SMILES string of the molecule is C=C(C)C(O)c1c(Cl)cccc1Cl. The molecule has 0 saturated carbocycles. The first-order valence-electron chi connectivity index (χ1n) is 3.81. The average Bonchev–Trinajstić information content (AvgIpc) is 2.03. The fourth-order valence-corrected chi connectivity index (χ4v) is 1.62. The lowest BCUT2D eigenvalue weighted by Crippen LogP contribution is -1.99. The Kier molecular flexibility index (Phi) is 3.37. The second-order valence-electron chi connectivity index (χ2n) is 2.88. The molecule has 1 aromatic carbocycles. The van der Waals surface area contributed by atoms with Gasteiger partial charge in [0.1, 0.15) is 6.10 Å². The summed E-state index contributed by atoms with van der Waals surface area (Å²) in [6.07, 6.45) is -0.791. The molecule has 0 aromatic heterocycles. The first-order chi connectivity index (χ1) is 6.04. The van der Waals surface area contributed by atoms with Gasteiger partial charge in [0.2, 0.25) is 0 Å². The number of benzene rings is 1. The van der Waals surface area contributed by atoms with Crippen LogP contribution >= 0.6 is 23.2 Å². The van der Waals surface area contributed by atoms with Gasteiger partial charge in [-0.2, -0.15) is 0 Å². The number of hydrogen-bond acceptors (Lipinski definition) is 1. The largest absolute Gasteiger partial charge is 0.384 e. The molecule has 1 N–H and O–H groups in total. The van der Waals surface area contributed by atoms with Crippen LogP contribution in [0.25, 0.3) is 0 Å². The van der Waals surface area contributed by atoms with Crippen molar-refractivity contribution in [3.63, 3.8) is 0 Å². The van der Waals surface area contributed by atoms with Crippen molar-refractivity contribution >= 4 is 23.2 Å². The minimum atomic E-state index is -0.791. The maximum atomic E-state index is 9.69. The van der Waals surface area contributed by atoms with E-state index in [-0.39, 0.29) is 0 Å². The molecule has 1 rings (SSSR count). The van der Waals surface area contributed by atoms with Gasteiger partial charge in [0.25, 0.3) is 0 Å². The van der Waals surface area contributed by atoms with Crippen molar-refractivity contribution in [3.8, 4) is 0 Å². The number of hydrogen-bond donors (Lipinski definition) is 1. The second kappa shape index (κ2) is 4.14. The summed E-state index contributed by atoms with van der Waals surface area (Å²) in [5.41, 5.74) is 1.15. The van der Waals surface area contributed by atoms with Crippen molar-refractivity contribution in [3.05, 3.63) is 46.0 Å². The molecule has 3 heteroatoms. The maximum absolute atomic E-state index is 9.69. The van der Waals surface area contributed by atoms with Crippen LogP contribution in [0.3, 0.4) is 0 Å². The highest BCUT2D eigenvalue weighted by Gasteiger charge is 2.15. The molecule has 0 radical (unpaired) electrons. The maximum Gasteiger partial charge on any atom is 0.102 e. The van der Waals surface area contributed by atoms with Gasteiger partial charge in [-0.1, -0.05) is 35.8 Å². The fourth-order valence-electron chi connectivity index (χ4n) is 1.02. The lowest BCUT2D eigenvalue weighted by molar-refractivity contribution is 0.216. The lowest BCUT2D eigenvalue weighted by atomic mass is 10.0. The summed E-state index contributed by atoms with van der Waals surface area (Å²) < 4.78 is 0. The summed E-state index contributed by atoms with van der Waals surface area (Å²) in [5.74, 6) is 0. The highest BCUT2D eigenvalue weighted by Crippen LogP contribution is 2.32. The van der Waals surface area contributed by atoms with Crippen LogP contribution < -0.4 is 0 Å². The number of aliphatic hydroxyl groups excluding tert-OH is 1. The van der Waals surface area contributed by atoms with Crippen LogP contribution in [0.5, 0.6) is 0 Å². The van der Waals surface area contributed by atoms with Crippen molar-refractivity contribution < 1.29 is 5.11 Å². The Hall–Kier alpha value is -0.500.